The Labute approximate surface area is 151 Å². The lowest BCUT2D eigenvalue weighted by Crippen LogP contribution is -2.41. The summed E-state index contributed by atoms with van der Waals surface area (Å²) in [6, 6.07) is 5.90. The van der Waals surface area contributed by atoms with Crippen LogP contribution >= 0.6 is 0 Å². The fourth-order valence-corrected chi connectivity index (χ4v) is 2.81. The number of nitrogens with zero attached hydrogens (tertiary/aromatic N) is 3. The fourth-order valence-electron chi connectivity index (χ4n) is 2.81. The molecular weight excluding hydrogens is 339 g/mol. The van der Waals surface area contributed by atoms with Crippen LogP contribution in [0.1, 0.15) is 37.9 Å². The Kier molecular flexibility index (Phi) is 5.70. The molecule has 3 rings (SSSR count). The predicted octanol–water partition coefficient (Wildman–Crippen LogP) is 2.74. The lowest BCUT2D eigenvalue weighted by molar-refractivity contribution is 0.205. The Morgan fingerprint density at radius 2 is 2.19 bits per heavy atom. The molecule has 1 aromatic heterocycles. The van der Waals surface area contributed by atoms with Crippen LogP contribution < -0.4 is 10.1 Å². The summed E-state index contributed by atoms with van der Waals surface area (Å²) in [5, 5.41) is 6.87. The van der Waals surface area contributed by atoms with Crippen LogP contribution in [0.25, 0.3) is 0 Å². The number of hydrogen-bond donors (Lipinski definition) is 1. The van der Waals surface area contributed by atoms with Crippen LogP contribution in [0.2, 0.25) is 0 Å². The first-order valence-corrected chi connectivity index (χ1v) is 8.77. The lowest BCUT2D eigenvalue weighted by atomic mass is 10.1. The molecule has 2 heterocycles. The third-order valence-corrected chi connectivity index (χ3v) is 4.13. The largest absolute Gasteiger partial charge is 0.493 e. The molecule has 1 saturated heterocycles. The average Bonchev–Trinajstić information content (AvgIpc) is 3.25. The zero-order valence-electron chi connectivity index (χ0n) is 14.9. The fraction of sp³-hybridized carbons (Fsp3) is 0.500. The van der Waals surface area contributed by atoms with E-state index >= 15 is 0 Å². The molecule has 1 atom stereocenters. The number of carbonyl (C=O) groups excluding carboxylic acids is 1. The van der Waals surface area contributed by atoms with E-state index in [1.54, 1.807) is 17.0 Å². The van der Waals surface area contributed by atoms with Crippen LogP contribution in [0.3, 0.4) is 0 Å². The molecule has 1 aliphatic heterocycles. The Balaban J connectivity index is 1.47. The number of benzene rings is 1. The molecule has 1 aromatic carbocycles. The summed E-state index contributed by atoms with van der Waals surface area (Å²) in [4.78, 5) is 18.2. The SMILES string of the molecule is CC(C)NC(=O)N1CCC(c2nc(CCOc3ccc(F)cc3)no2)C1. The van der Waals surface area contributed by atoms with Gasteiger partial charge in [-0.05, 0) is 44.5 Å². The van der Waals surface area contributed by atoms with E-state index in [9.17, 15) is 9.18 Å². The second kappa shape index (κ2) is 8.16. The Hall–Kier alpha value is -2.64. The molecule has 26 heavy (non-hydrogen) atoms. The van der Waals surface area contributed by atoms with Gasteiger partial charge in [0, 0.05) is 25.6 Å². The number of ether oxygens (including phenoxy) is 1. The van der Waals surface area contributed by atoms with E-state index < -0.39 is 0 Å². The van der Waals surface area contributed by atoms with Crippen molar-refractivity contribution in [2.24, 2.45) is 0 Å². The zero-order chi connectivity index (χ0) is 18.5. The van der Waals surface area contributed by atoms with Gasteiger partial charge in [0.25, 0.3) is 0 Å². The monoisotopic (exact) mass is 362 g/mol. The van der Waals surface area contributed by atoms with Gasteiger partial charge >= 0.3 is 6.03 Å². The molecule has 0 radical (unpaired) electrons. The maximum absolute atomic E-state index is 12.8. The van der Waals surface area contributed by atoms with E-state index in [1.807, 2.05) is 13.8 Å². The van der Waals surface area contributed by atoms with E-state index in [0.29, 0.717) is 43.6 Å². The molecule has 0 bridgehead atoms. The number of halogens is 1. The van der Waals surface area contributed by atoms with E-state index in [1.165, 1.54) is 12.1 Å². The van der Waals surface area contributed by atoms with Crippen LogP contribution in [0, 0.1) is 5.82 Å². The highest BCUT2D eigenvalue weighted by molar-refractivity contribution is 5.74. The van der Waals surface area contributed by atoms with Crippen LogP contribution in [0.15, 0.2) is 28.8 Å². The maximum atomic E-state index is 12.8. The normalized spacial score (nSPS) is 16.9. The van der Waals surface area contributed by atoms with Gasteiger partial charge in [0.2, 0.25) is 5.89 Å². The number of nitrogens with one attached hydrogen (secondary N) is 1. The number of aromatic nitrogens is 2. The van der Waals surface area contributed by atoms with Gasteiger partial charge in [0.1, 0.15) is 11.6 Å². The Morgan fingerprint density at radius 1 is 1.42 bits per heavy atom. The molecule has 0 saturated carbocycles. The molecule has 1 fully saturated rings. The first-order valence-electron chi connectivity index (χ1n) is 8.77. The molecule has 2 aromatic rings. The molecule has 1 N–H and O–H groups in total. The predicted molar refractivity (Wildman–Crippen MR) is 92.5 cm³/mol. The summed E-state index contributed by atoms with van der Waals surface area (Å²) < 4.78 is 23.7. The highest BCUT2D eigenvalue weighted by Gasteiger charge is 2.31. The third-order valence-electron chi connectivity index (χ3n) is 4.13. The molecule has 140 valence electrons. The van der Waals surface area contributed by atoms with Crippen molar-refractivity contribution in [2.45, 2.75) is 38.6 Å². The number of carbonyl (C=O) groups is 1. The van der Waals surface area contributed by atoms with Gasteiger partial charge in [-0.25, -0.2) is 9.18 Å². The third kappa shape index (κ3) is 4.71. The number of urea groups is 1. The van der Waals surface area contributed by atoms with Crippen LogP contribution in [-0.2, 0) is 6.42 Å². The van der Waals surface area contributed by atoms with E-state index in [4.69, 9.17) is 9.26 Å². The first kappa shape index (κ1) is 18.2. The summed E-state index contributed by atoms with van der Waals surface area (Å²) in [6.45, 7) is 5.49. The second-order valence-corrected chi connectivity index (χ2v) is 6.64. The van der Waals surface area contributed by atoms with Crippen molar-refractivity contribution in [1.29, 1.82) is 0 Å². The highest BCUT2D eigenvalue weighted by Crippen LogP contribution is 2.26. The van der Waals surface area contributed by atoms with Crippen LogP contribution in [0.5, 0.6) is 5.75 Å². The maximum Gasteiger partial charge on any atom is 0.317 e. The van der Waals surface area contributed by atoms with Crippen molar-refractivity contribution in [3.05, 3.63) is 41.8 Å². The van der Waals surface area contributed by atoms with Gasteiger partial charge in [-0.2, -0.15) is 4.98 Å². The van der Waals surface area contributed by atoms with Crippen molar-refractivity contribution in [2.75, 3.05) is 19.7 Å². The van der Waals surface area contributed by atoms with E-state index in [2.05, 4.69) is 15.5 Å². The van der Waals surface area contributed by atoms with Crippen molar-refractivity contribution in [3.63, 3.8) is 0 Å². The minimum atomic E-state index is -0.298. The van der Waals surface area contributed by atoms with Crippen LogP contribution in [0.4, 0.5) is 9.18 Å². The molecule has 8 heteroatoms. The lowest BCUT2D eigenvalue weighted by Gasteiger charge is -2.18. The summed E-state index contributed by atoms with van der Waals surface area (Å²) in [5.41, 5.74) is 0. The Morgan fingerprint density at radius 3 is 2.92 bits per heavy atom. The molecule has 1 aliphatic rings. The average molecular weight is 362 g/mol. The van der Waals surface area contributed by atoms with Crippen molar-refractivity contribution < 1.29 is 18.4 Å². The van der Waals surface area contributed by atoms with Gasteiger partial charge in [-0.15, -0.1) is 0 Å². The molecule has 7 nitrogen and oxygen atoms in total. The van der Waals surface area contributed by atoms with Gasteiger partial charge in [0.15, 0.2) is 5.82 Å². The van der Waals surface area contributed by atoms with Crippen molar-refractivity contribution in [1.82, 2.24) is 20.4 Å². The Bertz CT molecular complexity index is 732. The minimum Gasteiger partial charge on any atom is -0.493 e. The number of likely N-dealkylation sites (tertiary alicyclic amines) is 1. The summed E-state index contributed by atoms with van der Waals surface area (Å²) in [5.74, 6) is 1.48. The molecule has 2 amide bonds. The second-order valence-electron chi connectivity index (χ2n) is 6.64. The van der Waals surface area contributed by atoms with E-state index in [-0.39, 0.29) is 23.8 Å². The van der Waals surface area contributed by atoms with Crippen molar-refractivity contribution in [3.8, 4) is 5.75 Å². The smallest absolute Gasteiger partial charge is 0.317 e. The molecule has 1 unspecified atom stereocenters. The van der Waals surface area contributed by atoms with Gasteiger partial charge in [0.05, 0.1) is 12.5 Å². The number of hydrogen-bond acceptors (Lipinski definition) is 5. The topological polar surface area (TPSA) is 80.5 Å². The molecular formula is C18H23FN4O3. The molecule has 0 spiro atoms. The van der Waals surface area contributed by atoms with Crippen LogP contribution in [-0.4, -0.2) is 46.8 Å². The molecule has 0 aliphatic carbocycles. The quantitative estimate of drug-likeness (QED) is 0.855. The van der Waals surface area contributed by atoms with Gasteiger partial charge < -0.3 is 19.5 Å². The number of amides is 2. The standard InChI is InChI=1S/C18H23FN4O3/c1-12(2)20-18(24)23-9-7-13(11-23)17-21-16(22-26-17)8-10-25-15-5-3-14(19)4-6-15/h3-6,12-13H,7-11H2,1-2H3,(H,20,24). The first-order chi connectivity index (χ1) is 12.5. The number of rotatable bonds is 6. The van der Waals surface area contributed by atoms with E-state index in [0.717, 1.165) is 6.42 Å². The summed E-state index contributed by atoms with van der Waals surface area (Å²) in [6.07, 6.45) is 1.30. The zero-order valence-corrected chi connectivity index (χ0v) is 14.9. The van der Waals surface area contributed by atoms with Gasteiger partial charge in [-0.1, -0.05) is 5.16 Å². The van der Waals surface area contributed by atoms with Crippen molar-refractivity contribution >= 4 is 6.03 Å². The summed E-state index contributed by atoms with van der Waals surface area (Å²) >= 11 is 0. The highest BCUT2D eigenvalue weighted by atomic mass is 19.1. The summed E-state index contributed by atoms with van der Waals surface area (Å²) in [7, 11) is 0. The minimum absolute atomic E-state index is 0.0602. The van der Waals surface area contributed by atoms with Gasteiger partial charge in [-0.3, -0.25) is 0 Å².